The first-order chi connectivity index (χ1) is 9.86. The van der Waals surface area contributed by atoms with Gasteiger partial charge in [-0.05, 0) is 49.5 Å². The topological polar surface area (TPSA) is 39.7 Å². The zero-order valence-corrected chi connectivity index (χ0v) is 12.1. The molecule has 1 unspecified atom stereocenters. The SMILES string of the molecule is COc1ccc(C2CCNCC2)cc1OC1CCOC1. The molecule has 4 heteroatoms. The monoisotopic (exact) mass is 277 g/mol. The van der Waals surface area contributed by atoms with Gasteiger partial charge in [-0.3, -0.25) is 0 Å². The van der Waals surface area contributed by atoms with Crippen molar-refractivity contribution >= 4 is 0 Å². The first-order valence-electron chi connectivity index (χ1n) is 7.50. The molecule has 1 aromatic rings. The maximum Gasteiger partial charge on any atom is 0.161 e. The van der Waals surface area contributed by atoms with Crippen LogP contribution in [0.4, 0.5) is 0 Å². The van der Waals surface area contributed by atoms with Crippen molar-refractivity contribution < 1.29 is 14.2 Å². The van der Waals surface area contributed by atoms with Crippen LogP contribution in [0.1, 0.15) is 30.7 Å². The number of rotatable bonds is 4. The predicted molar refractivity (Wildman–Crippen MR) is 77.7 cm³/mol. The molecule has 1 atom stereocenters. The molecule has 1 N–H and O–H groups in total. The molecule has 0 aromatic heterocycles. The molecule has 2 heterocycles. The van der Waals surface area contributed by atoms with Crippen LogP contribution >= 0.6 is 0 Å². The Morgan fingerprint density at radius 1 is 1.15 bits per heavy atom. The second kappa shape index (κ2) is 6.46. The lowest BCUT2D eigenvalue weighted by Crippen LogP contribution is -2.26. The predicted octanol–water partition coefficient (Wildman–Crippen LogP) is 2.33. The molecule has 0 aliphatic carbocycles. The van der Waals surface area contributed by atoms with E-state index in [4.69, 9.17) is 14.2 Å². The van der Waals surface area contributed by atoms with Gasteiger partial charge in [-0.25, -0.2) is 0 Å². The summed E-state index contributed by atoms with van der Waals surface area (Å²) < 4.78 is 16.9. The normalized spacial score (nSPS) is 23.8. The third kappa shape index (κ3) is 3.07. The van der Waals surface area contributed by atoms with Crippen molar-refractivity contribution in [1.82, 2.24) is 5.32 Å². The lowest BCUT2D eigenvalue weighted by atomic mass is 9.90. The zero-order valence-electron chi connectivity index (χ0n) is 12.1. The second-order valence-corrected chi connectivity index (χ2v) is 5.54. The third-order valence-electron chi connectivity index (χ3n) is 4.18. The van der Waals surface area contributed by atoms with Crippen molar-refractivity contribution in [3.63, 3.8) is 0 Å². The van der Waals surface area contributed by atoms with Crippen molar-refractivity contribution in [2.24, 2.45) is 0 Å². The van der Waals surface area contributed by atoms with Gasteiger partial charge in [-0.2, -0.15) is 0 Å². The van der Waals surface area contributed by atoms with E-state index in [2.05, 4.69) is 17.4 Å². The molecule has 4 nitrogen and oxygen atoms in total. The highest BCUT2D eigenvalue weighted by molar-refractivity contribution is 5.44. The highest BCUT2D eigenvalue weighted by atomic mass is 16.6. The number of hydrogen-bond donors (Lipinski definition) is 1. The molecule has 1 aromatic carbocycles. The molecular formula is C16H23NO3. The summed E-state index contributed by atoms with van der Waals surface area (Å²) >= 11 is 0. The summed E-state index contributed by atoms with van der Waals surface area (Å²) in [6.07, 6.45) is 3.50. The molecular weight excluding hydrogens is 254 g/mol. The van der Waals surface area contributed by atoms with Crippen LogP contribution in [0.5, 0.6) is 11.5 Å². The van der Waals surface area contributed by atoms with Crippen molar-refractivity contribution in [3.8, 4) is 11.5 Å². The van der Waals surface area contributed by atoms with Crippen LogP contribution in [0.15, 0.2) is 18.2 Å². The van der Waals surface area contributed by atoms with E-state index in [0.29, 0.717) is 12.5 Å². The number of nitrogens with one attached hydrogen (secondary N) is 1. The molecule has 2 fully saturated rings. The highest BCUT2D eigenvalue weighted by Gasteiger charge is 2.21. The van der Waals surface area contributed by atoms with Crippen molar-refractivity contribution in [2.45, 2.75) is 31.3 Å². The first-order valence-corrected chi connectivity index (χ1v) is 7.50. The largest absolute Gasteiger partial charge is 0.493 e. The maximum absolute atomic E-state index is 6.06. The molecule has 0 radical (unpaired) electrons. The Morgan fingerprint density at radius 3 is 2.70 bits per heavy atom. The van der Waals surface area contributed by atoms with Gasteiger partial charge < -0.3 is 19.5 Å². The Morgan fingerprint density at radius 2 is 2.00 bits per heavy atom. The molecule has 2 aliphatic heterocycles. The number of hydrogen-bond acceptors (Lipinski definition) is 4. The van der Waals surface area contributed by atoms with Gasteiger partial charge in [0.1, 0.15) is 6.10 Å². The van der Waals surface area contributed by atoms with Crippen LogP contribution in [0, 0.1) is 0 Å². The van der Waals surface area contributed by atoms with Gasteiger partial charge in [0.2, 0.25) is 0 Å². The molecule has 0 saturated carbocycles. The van der Waals surface area contributed by atoms with Crippen molar-refractivity contribution in [3.05, 3.63) is 23.8 Å². The van der Waals surface area contributed by atoms with E-state index in [-0.39, 0.29) is 6.10 Å². The summed E-state index contributed by atoms with van der Waals surface area (Å²) in [6.45, 7) is 3.68. The van der Waals surface area contributed by atoms with Crippen molar-refractivity contribution in [2.75, 3.05) is 33.4 Å². The molecule has 2 saturated heterocycles. The molecule has 20 heavy (non-hydrogen) atoms. The minimum Gasteiger partial charge on any atom is -0.493 e. The summed E-state index contributed by atoms with van der Waals surface area (Å²) in [6, 6.07) is 6.36. The van der Waals surface area contributed by atoms with Gasteiger partial charge in [-0.15, -0.1) is 0 Å². The molecule has 0 bridgehead atoms. The average molecular weight is 277 g/mol. The quantitative estimate of drug-likeness (QED) is 0.917. The Kier molecular flexibility index (Phi) is 4.43. The van der Waals surface area contributed by atoms with Crippen LogP contribution in [0.3, 0.4) is 0 Å². The number of benzene rings is 1. The van der Waals surface area contributed by atoms with Crippen LogP contribution in [-0.4, -0.2) is 39.5 Å². The zero-order chi connectivity index (χ0) is 13.8. The molecule has 110 valence electrons. The Bertz CT molecular complexity index is 437. The summed E-state index contributed by atoms with van der Waals surface area (Å²) in [4.78, 5) is 0. The Hall–Kier alpha value is -1.26. The highest BCUT2D eigenvalue weighted by Crippen LogP contribution is 2.35. The number of piperidine rings is 1. The van der Waals surface area contributed by atoms with E-state index in [1.54, 1.807) is 7.11 Å². The van der Waals surface area contributed by atoms with Gasteiger partial charge in [0.15, 0.2) is 11.5 Å². The van der Waals surface area contributed by atoms with Gasteiger partial charge in [0, 0.05) is 6.42 Å². The minimum absolute atomic E-state index is 0.159. The minimum atomic E-state index is 0.159. The van der Waals surface area contributed by atoms with Gasteiger partial charge in [0.25, 0.3) is 0 Å². The third-order valence-corrected chi connectivity index (χ3v) is 4.18. The maximum atomic E-state index is 6.06. The summed E-state index contributed by atoms with van der Waals surface area (Å²) in [5.41, 5.74) is 1.36. The fraction of sp³-hybridized carbons (Fsp3) is 0.625. The summed E-state index contributed by atoms with van der Waals surface area (Å²) in [7, 11) is 1.69. The van der Waals surface area contributed by atoms with Gasteiger partial charge >= 0.3 is 0 Å². The van der Waals surface area contributed by atoms with Gasteiger partial charge in [0.05, 0.1) is 20.3 Å². The lowest BCUT2D eigenvalue weighted by Gasteiger charge is -2.24. The van der Waals surface area contributed by atoms with Crippen LogP contribution in [0.2, 0.25) is 0 Å². The van der Waals surface area contributed by atoms with E-state index in [1.165, 1.54) is 18.4 Å². The molecule has 3 rings (SSSR count). The number of methoxy groups -OCH3 is 1. The smallest absolute Gasteiger partial charge is 0.161 e. The van der Waals surface area contributed by atoms with E-state index in [1.807, 2.05) is 6.07 Å². The molecule has 2 aliphatic rings. The number of ether oxygens (including phenoxy) is 3. The molecule has 0 amide bonds. The van der Waals surface area contributed by atoms with Crippen LogP contribution in [-0.2, 0) is 4.74 Å². The average Bonchev–Trinajstić information content (AvgIpc) is 3.01. The van der Waals surface area contributed by atoms with E-state index < -0.39 is 0 Å². The second-order valence-electron chi connectivity index (χ2n) is 5.54. The van der Waals surface area contributed by atoms with Gasteiger partial charge in [-0.1, -0.05) is 6.07 Å². The summed E-state index contributed by atoms with van der Waals surface area (Å²) in [5.74, 6) is 2.30. The standard InChI is InChI=1S/C16H23NO3/c1-18-15-3-2-13(12-4-7-17-8-5-12)10-16(15)20-14-6-9-19-11-14/h2-3,10,12,14,17H,4-9,11H2,1H3. The summed E-state index contributed by atoms with van der Waals surface area (Å²) in [5, 5.41) is 3.41. The fourth-order valence-electron chi connectivity index (χ4n) is 2.98. The molecule has 0 spiro atoms. The first kappa shape index (κ1) is 13.7. The van der Waals surface area contributed by atoms with Crippen molar-refractivity contribution in [1.29, 1.82) is 0 Å². The van der Waals surface area contributed by atoms with E-state index >= 15 is 0 Å². The van der Waals surface area contributed by atoms with Crippen LogP contribution < -0.4 is 14.8 Å². The van der Waals surface area contributed by atoms with E-state index in [9.17, 15) is 0 Å². The Labute approximate surface area is 120 Å². The van der Waals surface area contributed by atoms with E-state index in [0.717, 1.165) is 37.6 Å². The fourth-order valence-corrected chi connectivity index (χ4v) is 2.98. The lowest BCUT2D eigenvalue weighted by molar-refractivity contribution is 0.138. The van der Waals surface area contributed by atoms with Crippen LogP contribution in [0.25, 0.3) is 0 Å². The Balaban J connectivity index is 1.78.